The Morgan fingerprint density at radius 2 is 1.48 bits per heavy atom. The van der Waals surface area contributed by atoms with Crippen LogP contribution in [0.15, 0.2) is 0 Å². The first-order valence-electron chi connectivity index (χ1n) is 16.3. The predicted octanol–water partition coefficient (Wildman–Crippen LogP) is 2.46. The van der Waals surface area contributed by atoms with Crippen molar-refractivity contribution in [1.29, 1.82) is 0 Å². The van der Waals surface area contributed by atoms with Crippen LogP contribution < -0.4 is 27.0 Å². The highest BCUT2D eigenvalue weighted by atomic mass is 16.5. The Hall–Kier alpha value is -3.38. The highest BCUT2D eigenvalue weighted by Crippen LogP contribution is 2.65. The van der Waals surface area contributed by atoms with Gasteiger partial charge >= 0.3 is 12.1 Å². The smallest absolute Gasteiger partial charge is 0.407 e. The number of likely N-dealkylation sites (tertiary alicyclic amines) is 1. The van der Waals surface area contributed by atoms with E-state index in [9.17, 15) is 28.8 Å². The molecule has 1 heterocycles. The van der Waals surface area contributed by atoms with Crippen LogP contribution in [0, 0.1) is 34.0 Å². The molecule has 3 rings (SSSR count). The second kappa shape index (κ2) is 13.0. The zero-order valence-electron chi connectivity index (χ0n) is 29.5. The number of piperidine rings is 1. The van der Waals surface area contributed by atoms with Crippen LogP contribution in [0.5, 0.6) is 0 Å². The van der Waals surface area contributed by atoms with E-state index in [-0.39, 0.29) is 29.8 Å². The third-order valence-corrected chi connectivity index (χ3v) is 9.50. The van der Waals surface area contributed by atoms with E-state index in [1.54, 1.807) is 0 Å². The molecule has 1 saturated heterocycles. The first-order chi connectivity index (χ1) is 20.8. The topological polar surface area (TPSA) is 189 Å². The van der Waals surface area contributed by atoms with Gasteiger partial charge in [0.25, 0.3) is 5.91 Å². The summed E-state index contributed by atoms with van der Waals surface area (Å²) in [6, 6.07) is -4.13. The van der Waals surface area contributed by atoms with Crippen LogP contribution in [0.1, 0.15) is 95.4 Å². The Kier molecular flexibility index (Phi) is 10.5. The molecule has 3 fully saturated rings. The average Bonchev–Trinajstić information content (AvgIpc) is 3.73. The van der Waals surface area contributed by atoms with Gasteiger partial charge < -0.3 is 36.6 Å². The van der Waals surface area contributed by atoms with Gasteiger partial charge in [0.1, 0.15) is 18.7 Å². The van der Waals surface area contributed by atoms with Crippen molar-refractivity contribution in [2.75, 3.05) is 13.2 Å². The van der Waals surface area contributed by atoms with E-state index in [0.717, 1.165) is 12.8 Å². The first kappa shape index (κ1) is 37.1. The molecule has 3 aliphatic rings. The fourth-order valence-corrected chi connectivity index (χ4v) is 6.32. The summed E-state index contributed by atoms with van der Waals surface area (Å²) in [7, 11) is 0. The number of nitrogens with two attached hydrogens (primary N) is 1. The maximum absolute atomic E-state index is 14.3. The summed E-state index contributed by atoms with van der Waals surface area (Å²) in [5, 5.41) is 11.2. The number of primary amides is 1. The van der Waals surface area contributed by atoms with E-state index >= 15 is 0 Å². The van der Waals surface area contributed by atoms with Gasteiger partial charge in [-0.1, -0.05) is 68.2 Å². The van der Waals surface area contributed by atoms with Crippen molar-refractivity contribution < 1.29 is 33.5 Å². The summed E-state index contributed by atoms with van der Waals surface area (Å²) < 4.78 is 5.41. The highest BCUT2D eigenvalue weighted by molar-refractivity contribution is 6.37. The van der Waals surface area contributed by atoms with Crippen LogP contribution in [0.2, 0.25) is 0 Å². The quantitative estimate of drug-likeness (QED) is 0.213. The zero-order valence-corrected chi connectivity index (χ0v) is 29.5. The molecule has 2 saturated carbocycles. The Morgan fingerprint density at radius 3 is 1.96 bits per heavy atom. The number of ether oxygens (including phenoxy) is 1. The van der Waals surface area contributed by atoms with Crippen LogP contribution in [-0.4, -0.2) is 83.4 Å². The van der Waals surface area contributed by atoms with Crippen molar-refractivity contribution in [3.63, 3.8) is 0 Å². The number of alkyl carbamates (subject to hydrolysis) is 1. The van der Waals surface area contributed by atoms with E-state index in [2.05, 4.69) is 21.3 Å². The summed E-state index contributed by atoms with van der Waals surface area (Å²) >= 11 is 0. The molecule has 2 aliphatic carbocycles. The first-order valence-corrected chi connectivity index (χ1v) is 16.3. The van der Waals surface area contributed by atoms with Crippen LogP contribution >= 0.6 is 0 Å². The molecule has 0 aromatic heterocycles. The number of urea groups is 1. The van der Waals surface area contributed by atoms with E-state index in [1.165, 1.54) is 4.90 Å². The number of nitrogens with zero attached hydrogens (tertiary/aromatic N) is 1. The largest absolute Gasteiger partial charge is 0.447 e. The molecule has 6 amide bonds. The molecular weight excluding hydrogens is 592 g/mol. The monoisotopic (exact) mass is 648 g/mol. The lowest BCUT2D eigenvalue weighted by Crippen LogP contribution is -2.62. The normalized spacial score (nSPS) is 24.1. The molecule has 6 atom stereocenters. The Balaban J connectivity index is 1.78. The molecule has 13 nitrogen and oxygen atoms in total. The van der Waals surface area contributed by atoms with Gasteiger partial charge in [0.2, 0.25) is 17.6 Å². The van der Waals surface area contributed by atoms with Gasteiger partial charge in [-0.15, -0.1) is 0 Å². The number of Topliss-reactive ketones (excluding diaryl/α,β-unsaturated/α-hetero) is 1. The van der Waals surface area contributed by atoms with E-state index < -0.39 is 76.2 Å². The van der Waals surface area contributed by atoms with Gasteiger partial charge in [0, 0.05) is 12.1 Å². The summed E-state index contributed by atoms with van der Waals surface area (Å²) in [6.45, 7) is 21.0. The number of carbonyl (C=O) groups excluding carboxylic acids is 6. The van der Waals surface area contributed by atoms with Gasteiger partial charge in [-0.3, -0.25) is 19.2 Å². The maximum atomic E-state index is 14.3. The molecule has 1 unspecified atom stereocenters. The zero-order chi connectivity index (χ0) is 35.2. The van der Waals surface area contributed by atoms with Gasteiger partial charge in [-0.05, 0) is 61.2 Å². The number of carbonyl (C=O) groups is 6. The SMILES string of the molecule is CC(C)(C)NC(=O)OC[C@@H](NC(=O)N[C@H](C(=O)N1C[C@H]2[C@@H]([C@H]1C(=O)NC(CC1CC1)C(=O)C(N)=O)C2(C)C)C(C)(C)C)C(C)(C)C. The lowest BCUT2D eigenvalue weighted by atomic mass is 9.85. The molecule has 0 aromatic carbocycles. The second-order valence-corrected chi connectivity index (χ2v) is 17.2. The molecule has 0 bridgehead atoms. The number of ketones is 1. The maximum Gasteiger partial charge on any atom is 0.407 e. The standard InChI is InChI=1S/C33H56N6O7/c1-30(2,3)20(16-46-29(45)38-32(7,8)9)36-28(44)37-24(31(4,5)6)27(43)39-15-18-21(33(18,10)11)22(39)26(42)35-19(14-17-12-13-17)23(40)25(34)41/h17-22,24H,12-16H2,1-11H3,(H2,34,41)(H,35,42)(H,38,45)(H2,36,37,44)/t18-,19?,20+,21-,22-,24+/m0/s1. The number of amides is 6. The van der Waals surface area contributed by atoms with E-state index in [4.69, 9.17) is 10.5 Å². The number of rotatable bonds is 11. The summed E-state index contributed by atoms with van der Waals surface area (Å²) in [4.78, 5) is 79.7. The van der Waals surface area contributed by atoms with Gasteiger partial charge in [0.15, 0.2) is 0 Å². The molecule has 13 heteroatoms. The fourth-order valence-electron chi connectivity index (χ4n) is 6.32. The van der Waals surface area contributed by atoms with Gasteiger partial charge in [-0.25, -0.2) is 9.59 Å². The van der Waals surface area contributed by atoms with Crippen molar-refractivity contribution in [3.05, 3.63) is 0 Å². The number of hydrogen-bond acceptors (Lipinski definition) is 7. The Morgan fingerprint density at radius 1 is 0.891 bits per heavy atom. The number of nitrogens with one attached hydrogen (secondary N) is 4. The lowest BCUT2D eigenvalue weighted by Gasteiger charge is -2.38. The van der Waals surface area contributed by atoms with Crippen LogP contribution in [0.4, 0.5) is 9.59 Å². The van der Waals surface area contributed by atoms with Crippen molar-refractivity contribution in [2.24, 2.45) is 39.7 Å². The molecular formula is C33H56N6O7. The average molecular weight is 649 g/mol. The van der Waals surface area contributed by atoms with Crippen molar-refractivity contribution in [2.45, 2.75) is 125 Å². The number of fused-ring (bicyclic) bond motifs is 1. The summed E-state index contributed by atoms with van der Waals surface area (Å²) in [6.07, 6.45) is 1.55. The fraction of sp³-hybridized carbons (Fsp3) is 0.818. The van der Waals surface area contributed by atoms with Crippen LogP contribution in [0.25, 0.3) is 0 Å². The Labute approximate surface area is 273 Å². The molecule has 0 radical (unpaired) electrons. The summed E-state index contributed by atoms with van der Waals surface area (Å²) in [5.41, 5.74) is 3.37. The van der Waals surface area contributed by atoms with E-state index in [0.29, 0.717) is 13.0 Å². The van der Waals surface area contributed by atoms with Crippen LogP contribution in [0.3, 0.4) is 0 Å². The highest BCUT2D eigenvalue weighted by Gasteiger charge is 2.70. The summed E-state index contributed by atoms with van der Waals surface area (Å²) in [5.74, 6) is -2.70. The Bertz CT molecular complexity index is 1220. The van der Waals surface area contributed by atoms with Crippen molar-refractivity contribution >= 4 is 35.6 Å². The molecule has 0 spiro atoms. The van der Waals surface area contributed by atoms with Gasteiger partial charge in [-0.2, -0.15) is 0 Å². The predicted molar refractivity (Wildman–Crippen MR) is 172 cm³/mol. The van der Waals surface area contributed by atoms with E-state index in [1.807, 2.05) is 76.2 Å². The van der Waals surface area contributed by atoms with Crippen molar-refractivity contribution in [3.8, 4) is 0 Å². The van der Waals surface area contributed by atoms with Crippen molar-refractivity contribution in [1.82, 2.24) is 26.2 Å². The molecule has 46 heavy (non-hydrogen) atoms. The molecule has 260 valence electrons. The minimum Gasteiger partial charge on any atom is -0.447 e. The minimum atomic E-state index is -1.10. The third kappa shape index (κ3) is 9.12. The third-order valence-electron chi connectivity index (χ3n) is 9.50. The number of hydrogen-bond donors (Lipinski definition) is 5. The molecule has 1 aliphatic heterocycles. The second-order valence-electron chi connectivity index (χ2n) is 17.2. The molecule has 0 aromatic rings. The molecule has 6 N–H and O–H groups in total. The van der Waals surface area contributed by atoms with Crippen LogP contribution in [-0.2, 0) is 23.9 Å². The minimum absolute atomic E-state index is 0.0667. The lowest BCUT2D eigenvalue weighted by molar-refractivity contribution is -0.145. The van der Waals surface area contributed by atoms with Gasteiger partial charge in [0.05, 0.1) is 12.1 Å².